The van der Waals surface area contributed by atoms with Gasteiger partial charge in [0, 0.05) is 10.6 Å². The Kier molecular flexibility index (Phi) is 9.14. The molecule has 0 heterocycles. The van der Waals surface area contributed by atoms with Gasteiger partial charge in [-0.25, -0.2) is 8.42 Å². The zero-order valence-corrected chi connectivity index (χ0v) is 18.3. The van der Waals surface area contributed by atoms with Crippen molar-refractivity contribution in [2.24, 2.45) is 0 Å². The van der Waals surface area contributed by atoms with Crippen molar-refractivity contribution in [3.05, 3.63) is 64.7 Å². The van der Waals surface area contributed by atoms with Crippen molar-refractivity contribution in [1.29, 1.82) is 0 Å². The summed E-state index contributed by atoms with van der Waals surface area (Å²) < 4.78 is 29.3. The van der Waals surface area contributed by atoms with Crippen molar-refractivity contribution < 1.29 is 22.7 Å². The summed E-state index contributed by atoms with van der Waals surface area (Å²) >= 11 is 5.83. The number of amides is 2. The Labute approximate surface area is 181 Å². The van der Waals surface area contributed by atoms with E-state index in [1.807, 2.05) is 6.92 Å². The molecule has 0 aliphatic carbocycles. The molecular weight excluding hydrogens is 428 g/mol. The molecule has 2 aromatic rings. The number of benzene rings is 2. The monoisotopic (exact) mass is 452 g/mol. The van der Waals surface area contributed by atoms with Gasteiger partial charge in [0.05, 0.1) is 5.75 Å². The topological polar surface area (TPSA) is 102 Å². The van der Waals surface area contributed by atoms with Crippen molar-refractivity contribution in [3.63, 3.8) is 0 Å². The average Bonchev–Trinajstić information content (AvgIpc) is 2.72. The highest BCUT2D eigenvalue weighted by molar-refractivity contribution is 7.92. The van der Waals surface area contributed by atoms with E-state index >= 15 is 0 Å². The van der Waals surface area contributed by atoms with Crippen LogP contribution in [0.2, 0.25) is 5.02 Å². The van der Waals surface area contributed by atoms with Crippen LogP contribution in [-0.4, -0.2) is 31.7 Å². The molecule has 0 saturated heterocycles. The Balaban J connectivity index is 1.78. The molecule has 7 nitrogen and oxygen atoms in total. The lowest BCUT2D eigenvalue weighted by Crippen LogP contribution is -2.44. The maximum absolute atomic E-state index is 12.1. The second-order valence-electron chi connectivity index (χ2n) is 6.74. The Hall–Kier alpha value is -2.58. The molecule has 0 radical (unpaired) electrons. The van der Waals surface area contributed by atoms with Crippen LogP contribution in [0.15, 0.2) is 48.5 Å². The Morgan fingerprint density at radius 1 is 0.967 bits per heavy atom. The number of hydrogen-bond donors (Lipinski definition) is 2. The second-order valence-corrected chi connectivity index (χ2v) is 9.36. The third kappa shape index (κ3) is 8.42. The molecule has 9 heteroatoms. The number of hydrazine groups is 1. The largest absolute Gasteiger partial charge is 0.489 e. The van der Waals surface area contributed by atoms with Gasteiger partial charge in [0.1, 0.15) is 18.1 Å². The van der Waals surface area contributed by atoms with E-state index in [1.165, 1.54) is 0 Å². The van der Waals surface area contributed by atoms with Crippen LogP contribution in [-0.2, 0) is 21.2 Å². The minimum Gasteiger partial charge on any atom is -0.489 e. The molecular formula is C21H25ClN2O5S. The van der Waals surface area contributed by atoms with Crippen LogP contribution in [0.25, 0.3) is 0 Å². The van der Waals surface area contributed by atoms with Gasteiger partial charge in [-0.3, -0.25) is 20.4 Å². The van der Waals surface area contributed by atoms with Crippen molar-refractivity contribution in [2.45, 2.75) is 32.8 Å². The zero-order chi connectivity index (χ0) is 22.0. The first-order chi connectivity index (χ1) is 14.3. The highest BCUT2D eigenvalue weighted by Gasteiger charge is 2.17. The first kappa shape index (κ1) is 23.7. The van der Waals surface area contributed by atoms with Crippen molar-refractivity contribution in [2.75, 3.05) is 11.5 Å². The van der Waals surface area contributed by atoms with E-state index in [1.54, 1.807) is 48.5 Å². The molecule has 0 spiro atoms. The molecule has 30 heavy (non-hydrogen) atoms. The van der Waals surface area contributed by atoms with Gasteiger partial charge in [-0.2, -0.15) is 0 Å². The molecule has 0 atom stereocenters. The third-order valence-corrected chi connectivity index (χ3v) is 6.03. The maximum atomic E-state index is 12.1. The third-order valence-electron chi connectivity index (χ3n) is 4.16. The van der Waals surface area contributed by atoms with Gasteiger partial charge in [0.25, 0.3) is 11.8 Å². The van der Waals surface area contributed by atoms with E-state index in [9.17, 15) is 18.0 Å². The number of sulfone groups is 1. The summed E-state index contributed by atoms with van der Waals surface area (Å²) in [5, 5.41) is 0.624. The fourth-order valence-corrected chi connectivity index (χ4v) is 3.91. The van der Waals surface area contributed by atoms with Crippen LogP contribution in [0.5, 0.6) is 5.75 Å². The van der Waals surface area contributed by atoms with E-state index < -0.39 is 27.4 Å². The van der Waals surface area contributed by atoms with Gasteiger partial charge in [0.2, 0.25) is 0 Å². The quantitative estimate of drug-likeness (QED) is 0.425. The number of carbonyl (C=O) groups is 2. The first-order valence-electron chi connectivity index (χ1n) is 9.56. The summed E-state index contributed by atoms with van der Waals surface area (Å²) in [7, 11) is -3.49. The van der Waals surface area contributed by atoms with Gasteiger partial charge in [-0.05, 0) is 48.4 Å². The van der Waals surface area contributed by atoms with E-state index in [-0.39, 0.29) is 5.75 Å². The van der Waals surface area contributed by atoms with Crippen LogP contribution in [0.3, 0.4) is 0 Å². The van der Waals surface area contributed by atoms with Gasteiger partial charge in [0.15, 0.2) is 9.84 Å². The second kappa shape index (κ2) is 11.6. The normalized spacial score (nSPS) is 11.0. The number of unbranched alkanes of at least 4 members (excludes halogenated alkanes) is 2. The number of halogens is 1. The molecule has 0 fully saturated rings. The SMILES string of the molecule is CCCCCS(=O)(=O)CC(=O)NNC(=O)c1ccc(COc2ccc(Cl)cc2)cc1. The van der Waals surface area contributed by atoms with E-state index in [2.05, 4.69) is 10.9 Å². The Morgan fingerprint density at radius 2 is 1.63 bits per heavy atom. The minimum absolute atomic E-state index is 0.0399. The van der Waals surface area contributed by atoms with Crippen LogP contribution in [0.1, 0.15) is 42.1 Å². The summed E-state index contributed by atoms with van der Waals surface area (Å²) in [6, 6.07) is 13.6. The van der Waals surface area contributed by atoms with Crippen LogP contribution >= 0.6 is 11.6 Å². The van der Waals surface area contributed by atoms with Crippen LogP contribution < -0.4 is 15.6 Å². The number of hydrogen-bond acceptors (Lipinski definition) is 5. The Morgan fingerprint density at radius 3 is 2.27 bits per heavy atom. The van der Waals surface area contributed by atoms with Crippen molar-refractivity contribution in [1.82, 2.24) is 10.9 Å². The van der Waals surface area contributed by atoms with E-state index in [4.69, 9.17) is 16.3 Å². The van der Waals surface area contributed by atoms with Crippen molar-refractivity contribution in [3.8, 4) is 5.75 Å². The first-order valence-corrected chi connectivity index (χ1v) is 11.8. The van der Waals surface area contributed by atoms with Crippen LogP contribution in [0, 0.1) is 0 Å². The molecule has 2 N–H and O–H groups in total. The number of carbonyl (C=O) groups excluding carboxylic acids is 2. The lowest BCUT2D eigenvalue weighted by Gasteiger charge is -2.09. The molecule has 0 aromatic heterocycles. The van der Waals surface area contributed by atoms with Crippen molar-refractivity contribution >= 4 is 33.3 Å². The highest BCUT2D eigenvalue weighted by atomic mass is 35.5. The minimum atomic E-state index is -3.49. The fourth-order valence-electron chi connectivity index (χ4n) is 2.53. The summed E-state index contributed by atoms with van der Waals surface area (Å²) in [6.45, 7) is 2.28. The van der Waals surface area contributed by atoms with Gasteiger partial charge in [-0.15, -0.1) is 0 Å². The smallest absolute Gasteiger partial charge is 0.269 e. The Bertz CT molecular complexity index is 944. The summed E-state index contributed by atoms with van der Waals surface area (Å²) in [4.78, 5) is 23.9. The number of rotatable bonds is 10. The molecule has 0 unspecified atom stereocenters. The standard InChI is InChI=1S/C21H25ClN2O5S/c1-2-3-4-13-30(27,28)15-20(25)23-24-21(26)17-7-5-16(6-8-17)14-29-19-11-9-18(22)10-12-19/h5-12H,2-4,13-15H2,1H3,(H,23,25)(H,24,26). The molecule has 0 saturated carbocycles. The molecule has 162 valence electrons. The summed E-state index contributed by atoms with van der Waals surface area (Å²) in [6.07, 6.45) is 2.20. The number of nitrogens with one attached hydrogen (secondary N) is 2. The van der Waals surface area contributed by atoms with E-state index in [0.717, 1.165) is 18.4 Å². The predicted molar refractivity (Wildman–Crippen MR) is 116 cm³/mol. The van der Waals surface area contributed by atoms with Crippen LogP contribution in [0.4, 0.5) is 0 Å². The summed E-state index contributed by atoms with van der Waals surface area (Å²) in [5.74, 6) is -1.34. The van der Waals surface area contributed by atoms with Gasteiger partial charge < -0.3 is 4.74 Å². The average molecular weight is 453 g/mol. The predicted octanol–water partition coefficient (Wildman–Crippen LogP) is 3.29. The molecule has 0 bridgehead atoms. The van der Waals surface area contributed by atoms with E-state index in [0.29, 0.717) is 29.4 Å². The molecule has 2 rings (SSSR count). The number of ether oxygens (including phenoxy) is 1. The molecule has 2 aromatic carbocycles. The lowest BCUT2D eigenvalue weighted by atomic mass is 10.1. The maximum Gasteiger partial charge on any atom is 0.269 e. The molecule has 2 amide bonds. The zero-order valence-electron chi connectivity index (χ0n) is 16.7. The summed E-state index contributed by atoms with van der Waals surface area (Å²) in [5.41, 5.74) is 5.53. The molecule has 0 aliphatic heterocycles. The van der Waals surface area contributed by atoms with Gasteiger partial charge >= 0.3 is 0 Å². The van der Waals surface area contributed by atoms with Gasteiger partial charge in [-0.1, -0.05) is 43.5 Å². The molecule has 0 aliphatic rings. The lowest BCUT2D eigenvalue weighted by molar-refractivity contribution is -0.119. The highest BCUT2D eigenvalue weighted by Crippen LogP contribution is 2.17. The fraction of sp³-hybridized carbons (Fsp3) is 0.333.